The van der Waals surface area contributed by atoms with Crippen molar-refractivity contribution in [3.8, 4) is 0 Å². The minimum Gasteiger partial charge on any atom is -0.0610 e. The van der Waals surface area contributed by atoms with Crippen LogP contribution in [0.3, 0.4) is 0 Å². The molecular formula is C6H3I. The molecule has 0 unspecified atom stereocenters. The van der Waals surface area contributed by atoms with Gasteiger partial charge in [-0.3, -0.25) is 0 Å². The molecule has 0 aliphatic rings. The molecule has 0 spiro atoms. The Morgan fingerprint density at radius 1 is 1.29 bits per heavy atom. The SMILES string of the molecule is Ic1[c]ccc[c]1. The second kappa shape index (κ2) is 2.31. The molecule has 0 bridgehead atoms. The van der Waals surface area contributed by atoms with Gasteiger partial charge in [0.15, 0.2) is 0 Å². The van der Waals surface area contributed by atoms with Crippen LogP contribution < -0.4 is 0 Å². The van der Waals surface area contributed by atoms with Gasteiger partial charge in [0.2, 0.25) is 0 Å². The van der Waals surface area contributed by atoms with Gasteiger partial charge >= 0.3 is 0 Å². The van der Waals surface area contributed by atoms with Crippen LogP contribution in [0.15, 0.2) is 18.2 Å². The van der Waals surface area contributed by atoms with Gasteiger partial charge < -0.3 is 0 Å². The first kappa shape index (κ1) is 5.09. The van der Waals surface area contributed by atoms with Crippen LogP contribution in [0, 0.1) is 15.7 Å². The minimum atomic E-state index is 1.04. The molecule has 0 atom stereocenters. The highest BCUT2D eigenvalue weighted by molar-refractivity contribution is 14.1. The molecule has 7 heavy (non-hydrogen) atoms. The summed E-state index contributed by atoms with van der Waals surface area (Å²) >= 11 is 2.17. The monoisotopic (exact) mass is 202 g/mol. The fourth-order valence-corrected chi connectivity index (χ4v) is 0.692. The molecule has 0 nitrogen and oxygen atoms in total. The Morgan fingerprint density at radius 2 is 1.86 bits per heavy atom. The van der Waals surface area contributed by atoms with E-state index in [1.165, 1.54) is 0 Å². The van der Waals surface area contributed by atoms with Crippen LogP contribution >= 0.6 is 22.6 Å². The summed E-state index contributed by atoms with van der Waals surface area (Å²) < 4.78 is 1.04. The fraction of sp³-hybridized carbons (Fsp3) is 0. The zero-order chi connectivity index (χ0) is 5.11. The van der Waals surface area contributed by atoms with E-state index < -0.39 is 0 Å². The molecule has 0 aliphatic carbocycles. The van der Waals surface area contributed by atoms with Gasteiger partial charge in [0.05, 0.1) is 0 Å². The Morgan fingerprint density at radius 3 is 2.14 bits per heavy atom. The van der Waals surface area contributed by atoms with Crippen molar-refractivity contribution >= 4 is 22.6 Å². The third-order valence-electron chi connectivity index (χ3n) is 0.613. The molecule has 0 heterocycles. The molecule has 0 aliphatic heterocycles. The van der Waals surface area contributed by atoms with Gasteiger partial charge in [-0.15, -0.1) is 0 Å². The van der Waals surface area contributed by atoms with E-state index >= 15 is 0 Å². The van der Waals surface area contributed by atoms with Crippen LogP contribution in [0.4, 0.5) is 0 Å². The highest BCUT2D eigenvalue weighted by Gasteiger charge is 1.76. The molecule has 0 amide bonds. The molecule has 0 saturated heterocycles. The molecule has 1 heteroatoms. The first-order valence-electron chi connectivity index (χ1n) is 1.93. The van der Waals surface area contributed by atoms with E-state index in [0.29, 0.717) is 0 Å². The van der Waals surface area contributed by atoms with Crippen molar-refractivity contribution in [3.63, 3.8) is 0 Å². The van der Waals surface area contributed by atoms with E-state index in [1.54, 1.807) is 0 Å². The maximum Gasteiger partial charge on any atom is 0.0287 e. The second-order valence-electron chi connectivity index (χ2n) is 1.13. The topological polar surface area (TPSA) is 0 Å². The van der Waals surface area contributed by atoms with Crippen LogP contribution in [0.25, 0.3) is 0 Å². The maximum atomic E-state index is 2.96. The lowest BCUT2D eigenvalue weighted by atomic mass is 10.4. The van der Waals surface area contributed by atoms with Crippen LogP contribution in [0.5, 0.6) is 0 Å². The molecular weight excluding hydrogens is 199 g/mol. The first-order valence-corrected chi connectivity index (χ1v) is 3.01. The Labute approximate surface area is 56.7 Å². The largest absolute Gasteiger partial charge is 0.0610 e. The van der Waals surface area contributed by atoms with E-state index in [1.807, 2.05) is 18.2 Å². The van der Waals surface area contributed by atoms with Crippen LogP contribution in [-0.4, -0.2) is 0 Å². The Bertz CT molecular complexity index is 134. The quantitative estimate of drug-likeness (QED) is 0.563. The molecule has 0 saturated carbocycles. The third-order valence-corrected chi connectivity index (χ3v) is 1.24. The molecule has 34 valence electrons. The summed E-state index contributed by atoms with van der Waals surface area (Å²) in [5.41, 5.74) is 0. The summed E-state index contributed by atoms with van der Waals surface area (Å²) in [5, 5.41) is 0. The summed E-state index contributed by atoms with van der Waals surface area (Å²) in [6, 6.07) is 11.6. The van der Waals surface area contributed by atoms with Crippen molar-refractivity contribution in [2.45, 2.75) is 0 Å². The van der Waals surface area contributed by atoms with Crippen molar-refractivity contribution in [2.24, 2.45) is 0 Å². The zero-order valence-electron chi connectivity index (χ0n) is 3.61. The number of hydrogen-bond acceptors (Lipinski definition) is 0. The molecule has 1 rings (SSSR count). The average Bonchev–Trinajstić information content (AvgIpc) is 1.69. The molecule has 1 aromatic carbocycles. The van der Waals surface area contributed by atoms with Crippen molar-refractivity contribution in [1.82, 2.24) is 0 Å². The zero-order valence-corrected chi connectivity index (χ0v) is 5.77. The van der Waals surface area contributed by atoms with E-state index in [-0.39, 0.29) is 0 Å². The summed E-state index contributed by atoms with van der Waals surface area (Å²) in [7, 11) is 0. The minimum absolute atomic E-state index is 1.04. The van der Waals surface area contributed by atoms with Gasteiger partial charge in [-0.05, 0) is 34.7 Å². The highest BCUT2D eigenvalue weighted by Crippen LogP contribution is 1.97. The van der Waals surface area contributed by atoms with Gasteiger partial charge in [0, 0.05) is 3.57 Å². The van der Waals surface area contributed by atoms with E-state index in [0.717, 1.165) is 3.57 Å². The Hall–Kier alpha value is -0.0500. The molecule has 0 fully saturated rings. The highest BCUT2D eigenvalue weighted by atomic mass is 127. The lowest BCUT2D eigenvalue weighted by Gasteiger charge is -1.78. The van der Waals surface area contributed by atoms with Crippen molar-refractivity contribution < 1.29 is 0 Å². The van der Waals surface area contributed by atoms with Crippen LogP contribution in [0.2, 0.25) is 0 Å². The van der Waals surface area contributed by atoms with Gasteiger partial charge in [0.1, 0.15) is 0 Å². The number of hydrogen-bond donors (Lipinski definition) is 0. The number of halogens is 1. The van der Waals surface area contributed by atoms with Crippen molar-refractivity contribution in [3.05, 3.63) is 33.9 Å². The van der Waals surface area contributed by atoms with E-state index in [9.17, 15) is 0 Å². The van der Waals surface area contributed by atoms with Gasteiger partial charge in [-0.2, -0.15) is 0 Å². The number of benzene rings is 1. The third kappa shape index (κ3) is 1.47. The second-order valence-corrected chi connectivity index (χ2v) is 2.21. The maximum absolute atomic E-state index is 2.96. The lowest BCUT2D eigenvalue weighted by Crippen LogP contribution is -1.63. The summed E-state index contributed by atoms with van der Waals surface area (Å²) in [6.45, 7) is 0. The standard InChI is InChI=1S/C6H3I/c7-6-4-2-1-3-5-6/h1-3H. The van der Waals surface area contributed by atoms with Crippen LogP contribution in [-0.2, 0) is 0 Å². The molecule has 2 radical (unpaired) electrons. The lowest BCUT2D eigenvalue weighted by molar-refractivity contribution is 1.61. The summed E-state index contributed by atoms with van der Waals surface area (Å²) in [5.74, 6) is 0. The normalized spacial score (nSPS) is 8.71. The molecule has 0 aromatic heterocycles. The first-order chi connectivity index (χ1) is 3.39. The Kier molecular flexibility index (Phi) is 1.68. The van der Waals surface area contributed by atoms with Gasteiger partial charge in [-0.25, -0.2) is 0 Å². The van der Waals surface area contributed by atoms with E-state index in [4.69, 9.17) is 0 Å². The summed E-state index contributed by atoms with van der Waals surface area (Å²) in [6.07, 6.45) is 0. The average molecular weight is 202 g/mol. The smallest absolute Gasteiger partial charge is 0.0287 e. The van der Waals surface area contributed by atoms with Crippen molar-refractivity contribution in [2.75, 3.05) is 0 Å². The fourth-order valence-electron chi connectivity index (χ4n) is 0.332. The van der Waals surface area contributed by atoms with E-state index in [2.05, 4.69) is 34.7 Å². The Balaban J connectivity index is 3.02. The van der Waals surface area contributed by atoms with Crippen molar-refractivity contribution in [1.29, 1.82) is 0 Å². The van der Waals surface area contributed by atoms with Crippen LogP contribution in [0.1, 0.15) is 0 Å². The number of rotatable bonds is 0. The van der Waals surface area contributed by atoms with Gasteiger partial charge in [0.25, 0.3) is 0 Å². The summed E-state index contributed by atoms with van der Waals surface area (Å²) in [4.78, 5) is 0. The molecule has 0 N–H and O–H groups in total. The predicted octanol–water partition coefficient (Wildman–Crippen LogP) is 1.89. The predicted molar refractivity (Wildman–Crippen MR) is 36.8 cm³/mol. The van der Waals surface area contributed by atoms with Gasteiger partial charge in [-0.1, -0.05) is 18.2 Å². The molecule has 1 aromatic rings.